The molecule has 1 fully saturated rings. The number of non-ortho nitro benzene ring substituents is 2. The zero-order chi connectivity index (χ0) is 73.8. The van der Waals surface area contributed by atoms with Gasteiger partial charge in [-0.25, -0.2) is 19.2 Å². The number of nitrogens with one attached hydrogen (secondary N) is 2. The average molecular weight is 1340 g/mol. The van der Waals surface area contributed by atoms with Gasteiger partial charge in [-0.15, -0.1) is 0 Å². The minimum atomic E-state index is -1.24. The summed E-state index contributed by atoms with van der Waals surface area (Å²) < 4.78 is 29.2. The molecule has 94 heavy (non-hydrogen) atoms. The van der Waals surface area contributed by atoms with E-state index in [1.54, 1.807) is 120 Å². The predicted octanol–water partition coefficient (Wildman–Crippen LogP) is 11.4. The number of aliphatic hydroxyl groups is 4. The molecule has 2 radical (unpaired) electrons. The fraction of sp³-hybridized carbons (Fsp3) is 0.525. The summed E-state index contributed by atoms with van der Waals surface area (Å²) in [6.45, 7) is 29.9. The number of carboxylic acid groups (broad SMARTS) is 1. The molecule has 4 aromatic carbocycles. The summed E-state index contributed by atoms with van der Waals surface area (Å²) in [6, 6.07) is 16.5. The van der Waals surface area contributed by atoms with Gasteiger partial charge in [-0.1, -0.05) is 32.8 Å². The maximum atomic E-state index is 12.0. The van der Waals surface area contributed by atoms with Gasteiger partial charge in [0.05, 0.1) is 46.1 Å². The maximum absolute atomic E-state index is 12.0. The molecule has 526 valence electrons. The Morgan fingerprint density at radius 2 is 0.894 bits per heavy atom. The first-order chi connectivity index (χ1) is 43.5. The van der Waals surface area contributed by atoms with E-state index in [-0.39, 0.29) is 55.4 Å². The number of nitrogen functional groups attached to an aromatic ring is 2. The second-order valence-corrected chi connectivity index (χ2v) is 22.4. The van der Waals surface area contributed by atoms with Crippen LogP contribution in [0.15, 0.2) is 72.8 Å². The lowest BCUT2D eigenvalue weighted by molar-refractivity contribution is -0.394. The summed E-state index contributed by atoms with van der Waals surface area (Å²) in [6.07, 6.45) is -0.257. The summed E-state index contributed by atoms with van der Waals surface area (Å²) in [5.74, 6) is -1.24. The smallest absolute Gasteiger partial charge is 0.481 e. The molecule has 0 atom stereocenters. The van der Waals surface area contributed by atoms with Crippen LogP contribution in [0.4, 0.5) is 64.7 Å². The van der Waals surface area contributed by atoms with Crippen molar-refractivity contribution in [2.24, 2.45) is 0 Å². The summed E-state index contributed by atoms with van der Waals surface area (Å²) in [5.41, 5.74) is 10.9. The van der Waals surface area contributed by atoms with Crippen LogP contribution in [0.2, 0.25) is 6.82 Å². The molecule has 1 saturated heterocycles. The first-order valence-electron chi connectivity index (χ1n) is 29.1. The normalized spacial score (nSPS) is 11.0. The predicted molar refractivity (Wildman–Crippen MR) is 354 cm³/mol. The first-order valence-corrected chi connectivity index (χ1v) is 29.1. The molecule has 5 rings (SSSR count). The lowest BCUT2D eigenvalue weighted by Gasteiger charge is -2.21. The van der Waals surface area contributed by atoms with Crippen molar-refractivity contribution >= 4 is 83.8 Å². The number of rotatable bonds is 14. The first kappa shape index (κ1) is 91.1. The maximum Gasteiger partial charge on any atom is 0.519 e. The lowest BCUT2D eigenvalue weighted by Crippen LogP contribution is -2.29. The van der Waals surface area contributed by atoms with Gasteiger partial charge in [-0.3, -0.25) is 55.9 Å². The zero-order valence-corrected chi connectivity index (χ0v) is 56.4. The van der Waals surface area contributed by atoms with Gasteiger partial charge in [0.15, 0.2) is 0 Å². The molecule has 32 nitrogen and oxygen atoms in total. The van der Waals surface area contributed by atoms with Gasteiger partial charge in [0.1, 0.15) is 22.4 Å². The molecule has 0 aliphatic carbocycles. The van der Waals surface area contributed by atoms with Gasteiger partial charge in [-0.05, 0) is 163 Å². The highest BCUT2D eigenvalue weighted by Gasteiger charge is 2.26. The molecular weight excluding hydrogens is 1240 g/mol. The summed E-state index contributed by atoms with van der Waals surface area (Å²) in [7, 11) is 4.50. The summed E-state index contributed by atoms with van der Waals surface area (Å²) >= 11 is 0. The number of nitro groups is 4. The highest BCUT2D eigenvalue weighted by molar-refractivity contribution is 6.05. The minimum Gasteiger partial charge on any atom is -0.481 e. The van der Waals surface area contributed by atoms with Crippen LogP contribution in [0.5, 0.6) is 0 Å². The molecule has 33 heteroatoms. The third-order valence-corrected chi connectivity index (χ3v) is 9.77. The van der Waals surface area contributed by atoms with Crippen LogP contribution in [0.1, 0.15) is 139 Å². The fourth-order valence-corrected chi connectivity index (χ4v) is 6.34. The number of nitro benzene ring substituents is 4. The molecule has 0 bridgehead atoms. The van der Waals surface area contributed by atoms with E-state index in [1.807, 2.05) is 19.9 Å². The van der Waals surface area contributed by atoms with Crippen LogP contribution in [-0.2, 0) is 58.9 Å². The standard InChI is InChI=1S/C18H28N2O5.C10H18O5.C8H6N2O6.C8H8N2O5.C8H12N2O.C4H8O.C2H6O.C2H6.CH3B/c1-17(2,3)24-15(22)19-13-8-7-12(9-10-21)14(11-13)20-16(23)25-18(4,5)6;1-9(2,3)14-7(11)13-8(12)15-10(4,5)6;11-8(12)3-5-1-2-6(9(13)14)4-7(5)10(15)16;11-4-3-6-1-2-7(9(12)13)5-8(6)10(14)15;9-7-2-1-6(3-4-11)8(10)5-7;1-2-4-5-3-1;1-2-3;2*1-2/h7-8,11,21H,9-10H2,1-6H3,(H,19,22)(H,20,23);1-6H3;1-2,4H,3H2,(H,11,12);1-2,5,11H,3-4H2;1-2,5,11H,3-4,9-10H2;1-4H2;3H,2H2,1H3;1-2H3;1H3. The summed E-state index contributed by atoms with van der Waals surface area (Å²) in [4.78, 5) is 95.2. The Kier molecular flexibility index (Phi) is 46.1. The number of amides is 2. The Hall–Kier alpha value is -9.31. The van der Waals surface area contributed by atoms with Gasteiger partial charge >= 0.3 is 30.5 Å². The van der Waals surface area contributed by atoms with Crippen LogP contribution in [0.25, 0.3) is 0 Å². The van der Waals surface area contributed by atoms with Crippen molar-refractivity contribution in [2.75, 3.05) is 61.7 Å². The molecule has 4 aromatic rings. The van der Waals surface area contributed by atoms with Crippen molar-refractivity contribution in [3.63, 3.8) is 0 Å². The number of carbonyl (C=O) groups excluding carboxylic acids is 4. The van der Waals surface area contributed by atoms with E-state index in [0.29, 0.717) is 35.6 Å². The number of aliphatic hydroxyl groups excluding tert-OH is 4. The topological polar surface area (TPSA) is 491 Å². The largest absolute Gasteiger partial charge is 0.519 e. The number of nitrogens with zero attached hydrogens (tertiary/aromatic N) is 4. The SMILES string of the molecule is C1CCOC1.CC.CC(C)(C)OC(=O)Nc1ccc(CCO)c(NC(=O)OC(C)(C)C)c1.CC(C)(C)OC(=O)OC(=O)OC(C)(C)C.CCO.Nc1ccc(CCO)c(N)c1.O=C(O)Cc1ccc([N+](=O)[O-])cc1[N+](=O)[O-].O=[N+]([O-])c1ccc(CCO)c([N+](=O)[O-])c1.[B]C. The number of hydrogen-bond acceptors (Lipinski definition) is 25. The van der Waals surface area contributed by atoms with Crippen molar-refractivity contribution in [3.05, 3.63) is 136 Å². The number of benzene rings is 4. The van der Waals surface area contributed by atoms with E-state index >= 15 is 0 Å². The van der Waals surface area contributed by atoms with E-state index in [0.717, 1.165) is 48.6 Å². The number of carboxylic acids is 1. The van der Waals surface area contributed by atoms with E-state index < -0.39 is 90.4 Å². The van der Waals surface area contributed by atoms with Crippen LogP contribution in [0.3, 0.4) is 0 Å². The number of ether oxygens (including phenoxy) is 6. The van der Waals surface area contributed by atoms with E-state index in [4.69, 9.17) is 55.6 Å². The molecule has 2 amide bonds. The number of hydrogen-bond donors (Lipinski definition) is 9. The van der Waals surface area contributed by atoms with Gasteiger partial charge in [0.25, 0.3) is 22.7 Å². The van der Waals surface area contributed by atoms with Crippen molar-refractivity contribution in [3.8, 4) is 0 Å². The third kappa shape index (κ3) is 46.7. The number of aliphatic carboxylic acids is 1. The van der Waals surface area contributed by atoms with Crippen molar-refractivity contribution in [2.45, 2.75) is 172 Å². The molecule has 11 N–H and O–H groups in total. The molecule has 1 heterocycles. The van der Waals surface area contributed by atoms with Crippen molar-refractivity contribution in [1.29, 1.82) is 0 Å². The second-order valence-electron chi connectivity index (χ2n) is 22.4. The van der Waals surface area contributed by atoms with Crippen LogP contribution < -0.4 is 22.1 Å². The van der Waals surface area contributed by atoms with Crippen LogP contribution in [-0.4, -0.2) is 146 Å². The summed E-state index contributed by atoms with van der Waals surface area (Å²) in [5, 5.41) is 89.7. The van der Waals surface area contributed by atoms with Gasteiger partial charge in [0, 0.05) is 92.1 Å². The fourth-order valence-electron chi connectivity index (χ4n) is 6.34. The molecule has 0 spiro atoms. The van der Waals surface area contributed by atoms with Gasteiger partial charge in [-0.2, -0.15) is 0 Å². The van der Waals surface area contributed by atoms with Crippen molar-refractivity contribution in [1.82, 2.24) is 0 Å². The van der Waals surface area contributed by atoms with Gasteiger partial charge < -0.3 is 65.4 Å². The number of nitrogens with two attached hydrogens (primary N) is 2. The molecular formula is C61H95BN8O24. The highest BCUT2D eigenvalue weighted by atomic mass is 16.8. The molecule has 1 aliphatic rings. The Labute approximate surface area is 548 Å². The average Bonchev–Trinajstić information content (AvgIpc) is 0.868. The Morgan fingerprint density at radius 3 is 1.24 bits per heavy atom. The molecule has 0 aromatic heterocycles. The number of anilines is 4. The Balaban J connectivity index is -0.000000525. The highest BCUT2D eigenvalue weighted by Crippen LogP contribution is 2.27. The van der Waals surface area contributed by atoms with Crippen LogP contribution >= 0.6 is 0 Å². The van der Waals surface area contributed by atoms with E-state index in [9.17, 15) is 69.5 Å². The number of carbonyl (C=O) groups is 5. The zero-order valence-electron chi connectivity index (χ0n) is 56.4. The molecule has 0 saturated carbocycles. The molecule has 1 aliphatic heterocycles. The Morgan fingerprint density at radius 1 is 0.532 bits per heavy atom. The van der Waals surface area contributed by atoms with E-state index in [2.05, 4.69) is 23.2 Å². The second kappa shape index (κ2) is 47.6. The minimum absolute atomic E-state index is 0.0666. The van der Waals surface area contributed by atoms with Crippen LogP contribution in [0, 0.1) is 40.5 Å². The molecule has 0 unspecified atom stereocenters. The quantitative estimate of drug-likeness (QED) is 0.0108. The third-order valence-electron chi connectivity index (χ3n) is 9.77. The lowest BCUT2D eigenvalue weighted by atomic mass is 10.1. The van der Waals surface area contributed by atoms with Gasteiger partial charge in [0.2, 0.25) is 0 Å². The van der Waals surface area contributed by atoms with E-state index in [1.165, 1.54) is 31.8 Å². The monoisotopic (exact) mass is 1330 g/mol. The Bertz CT molecular complexity index is 2940. The van der Waals surface area contributed by atoms with Crippen molar-refractivity contribution < 1.29 is 97.6 Å².